The fourth-order valence-electron chi connectivity index (χ4n) is 4.04. The van der Waals surface area contributed by atoms with Crippen molar-refractivity contribution >= 4 is 50.2 Å². The molecule has 4 N–H and O–H groups in total. The molecule has 138 valence electrons. The van der Waals surface area contributed by atoms with E-state index in [1.807, 2.05) is 16.8 Å². The number of fused-ring (bicyclic) bond motifs is 3. The number of nitrogens with zero attached hydrogens (tertiary/aromatic N) is 2. The van der Waals surface area contributed by atoms with E-state index in [1.54, 1.807) is 17.5 Å². The predicted molar refractivity (Wildman–Crippen MR) is 108 cm³/mol. The van der Waals surface area contributed by atoms with E-state index in [4.69, 9.17) is 10.5 Å². The third kappa shape index (κ3) is 2.81. The SMILES string of the molecule is NC(=O)O[C@@H]1[C@H](Nc2c(Br)cnc3nc(-c4ccsc4)[nH]c23)[C@H]2C=C[C@@H]1C2. The van der Waals surface area contributed by atoms with Crippen LogP contribution in [0.2, 0.25) is 0 Å². The number of H-pyrrole nitrogens is 1. The van der Waals surface area contributed by atoms with Crippen molar-refractivity contribution in [2.45, 2.75) is 18.6 Å². The predicted octanol–water partition coefficient (Wildman–Crippen LogP) is 3.90. The molecule has 0 saturated heterocycles. The quantitative estimate of drug-likeness (QED) is 0.527. The summed E-state index contributed by atoms with van der Waals surface area (Å²) in [6.07, 6.45) is 5.94. The molecule has 3 aromatic heterocycles. The van der Waals surface area contributed by atoms with E-state index in [-0.39, 0.29) is 24.0 Å². The van der Waals surface area contributed by atoms with E-state index in [0.29, 0.717) is 5.65 Å². The molecule has 1 amide bonds. The number of aromatic nitrogens is 3. The first-order valence-electron chi connectivity index (χ1n) is 8.58. The summed E-state index contributed by atoms with van der Waals surface area (Å²) < 4.78 is 6.24. The number of carbonyl (C=O) groups excluding carboxylic acids is 1. The number of rotatable bonds is 4. The third-order valence-corrected chi connectivity index (χ3v) is 6.50. The van der Waals surface area contributed by atoms with Gasteiger partial charge in [-0.25, -0.2) is 14.8 Å². The Balaban J connectivity index is 1.53. The Morgan fingerprint density at radius 3 is 3.04 bits per heavy atom. The monoisotopic (exact) mass is 445 g/mol. The van der Waals surface area contributed by atoms with E-state index < -0.39 is 6.09 Å². The van der Waals surface area contributed by atoms with Crippen molar-refractivity contribution in [1.82, 2.24) is 15.0 Å². The van der Waals surface area contributed by atoms with Gasteiger partial charge in [0.05, 0.1) is 16.2 Å². The number of thiophene rings is 1. The lowest BCUT2D eigenvalue weighted by molar-refractivity contribution is 0.0854. The first-order valence-corrected chi connectivity index (χ1v) is 10.3. The Hall–Kier alpha value is -2.39. The summed E-state index contributed by atoms with van der Waals surface area (Å²) in [5, 5.41) is 7.61. The molecule has 4 atom stereocenters. The number of halogens is 1. The minimum absolute atomic E-state index is 0.0534. The number of ether oxygens (including phenoxy) is 1. The number of aromatic amines is 1. The Bertz CT molecular complexity index is 1050. The molecule has 0 unspecified atom stereocenters. The summed E-state index contributed by atoms with van der Waals surface area (Å²) in [6, 6.07) is 1.96. The zero-order valence-electron chi connectivity index (χ0n) is 14.1. The van der Waals surface area contributed by atoms with Crippen LogP contribution in [0.3, 0.4) is 0 Å². The van der Waals surface area contributed by atoms with Gasteiger partial charge in [-0.1, -0.05) is 12.2 Å². The van der Waals surface area contributed by atoms with Crippen molar-refractivity contribution in [3.63, 3.8) is 0 Å². The van der Waals surface area contributed by atoms with Crippen LogP contribution in [0.25, 0.3) is 22.6 Å². The molecule has 2 aliphatic rings. The molecule has 0 radical (unpaired) electrons. The number of primary amides is 1. The average molecular weight is 446 g/mol. The highest BCUT2D eigenvalue weighted by Crippen LogP contribution is 2.44. The molecule has 3 aromatic rings. The van der Waals surface area contributed by atoms with Gasteiger partial charge in [0.25, 0.3) is 0 Å². The second-order valence-electron chi connectivity index (χ2n) is 6.80. The summed E-state index contributed by atoms with van der Waals surface area (Å²) in [6.45, 7) is 0. The molecular formula is C18H16BrN5O2S. The molecule has 27 heavy (non-hydrogen) atoms. The lowest BCUT2D eigenvalue weighted by Crippen LogP contribution is -2.41. The summed E-state index contributed by atoms with van der Waals surface area (Å²) in [5.74, 6) is 1.26. The zero-order chi connectivity index (χ0) is 18.5. The lowest BCUT2D eigenvalue weighted by Gasteiger charge is -2.29. The van der Waals surface area contributed by atoms with Crippen LogP contribution in [-0.2, 0) is 4.74 Å². The summed E-state index contributed by atoms with van der Waals surface area (Å²) in [5.41, 5.74) is 8.62. The topological polar surface area (TPSA) is 106 Å². The Morgan fingerprint density at radius 1 is 1.41 bits per heavy atom. The number of amides is 1. The molecule has 0 aliphatic heterocycles. The first kappa shape index (κ1) is 16.8. The molecule has 0 spiro atoms. The van der Waals surface area contributed by atoms with Gasteiger partial charge in [-0.15, -0.1) is 0 Å². The van der Waals surface area contributed by atoms with Crippen LogP contribution < -0.4 is 11.1 Å². The van der Waals surface area contributed by atoms with Gasteiger partial charge in [-0.2, -0.15) is 11.3 Å². The van der Waals surface area contributed by atoms with Crippen molar-refractivity contribution in [2.24, 2.45) is 17.6 Å². The molecule has 7 nitrogen and oxygen atoms in total. The first-order chi connectivity index (χ1) is 13.1. The molecule has 1 fully saturated rings. The standard InChI is InChI=1S/C18H16BrN5O2S/c19-11-6-21-17-14(23-16(24-17)10-3-4-27-7-10)13(11)22-12-8-1-2-9(5-8)15(12)26-18(20)25/h1-4,6-9,12,15H,5H2,(H2,20,25)(H2,21,22,23,24)/t8-,9+,12+,15-/m0/s1. The molecule has 2 aliphatic carbocycles. The minimum Gasteiger partial charge on any atom is -0.444 e. The van der Waals surface area contributed by atoms with E-state index in [2.05, 4.69) is 48.4 Å². The van der Waals surface area contributed by atoms with Crippen molar-refractivity contribution in [3.05, 3.63) is 39.6 Å². The number of carbonyl (C=O) groups is 1. The van der Waals surface area contributed by atoms with Crippen LogP contribution in [0.4, 0.5) is 10.5 Å². The van der Waals surface area contributed by atoms with Crippen LogP contribution in [-0.4, -0.2) is 33.2 Å². The van der Waals surface area contributed by atoms with Crippen LogP contribution in [0.5, 0.6) is 0 Å². The molecular weight excluding hydrogens is 430 g/mol. The van der Waals surface area contributed by atoms with Gasteiger partial charge in [0.1, 0.15) is 17.4 Å². The van der Waals surface area contributed by atoms with Crippen molar-refractivity contribution < 1.29 is 9.53 Å². The van der Waals surface area contributed by atoms with E-state index >= 15 is 0 Å². The molecule has 9 heteroatoms. The van der Waals surface area contributed by atoms with E-state index in [1.165, 1.54) is 0 Å². The van der Waals surface area contributed by atoms with Gasteiger partial charge in [0.2, 0.25) is 0 Å². The smallest absolute Gasteiger partial charge is 0.404 e. The van der Waals surface area contributed by atoms with Gasteiger partial charge < -0.3 is 20.8 Å². The summed E-state index contributed by atoms with van der Waals surface area (Å²) in [7, 11) is 0. The van der Waals surface area contributed by atoms with Gasteiger partial charge in [-0.3, -0.25) is 0 Å². The van der Waals surface area contributed by atoms with Gasteiger partial charge in [-0.05, 0) is 33.8 Å². The zero-order valence-corrected chi connectivity index (χ0v) is 16.5. The van der Waals surface area contributed by atoms with Gasteiger partial charge in [0.15, 0.2) is 5.65 Å². The number of hydrogen-bond donors (Lipinski definition) is 3. The highest BCUT2D eigenvalue weighted by atomic mass is 79.9. The van der Waals surface area contributed by atoms with Crippen LogP contribution in [0.1, 0.15) is 6.42 Å². The average Bonchev–Trinajstić information content (AvgIpc) is 3.41. The van der Waals surface area contributed by atoms with E-state index in [0.717, 1.165) is 33.5 Å². The van der Waals surface area contributed by atoms with Crippen molar-refractivity contribution in [1.29, 1.82) is 0 Å². The highest BCUT2D eigenvalue weighted by Gasteiger charge is 2.47. The van der Waals surface area contributed by atoms with Crippen LogP contribution in [0.15, 0.2) is 39.6 Å². The maximum Gasteiger partial charge on any atom is 0.404 e. The number of anilines is 1. The maximum atomic E-state index is 11.4. The fourth-order valence-corrected chi connectivity index (χ4v) is 5.09. The number of hydrogen-bond acceptors (Lipinski definition) is 6. The summed E-state index contributed by atoms with van der Waals surface area (Å²) in [4.78, 5) is 23.8. The lowest BCUT2D eigenvalue weighted by atomic mass is 9.98. The summed E-state index contributed by atoms with van der Waals surface area (Å²) >= 11 is 5.20. The van der Waals surface area contributed by atoms with Gasteiger partial charge >= 0.3 is 6.09 Å². The van der Waals surface area contributed by atoms with Crippen LogP contribution >= 0.6 is 27.3 Å². The molecule has 0 aromatic carbocycles. The second-order valence-corrected chi connectivity index (χ2v) is 8.43. The molecule has 2 bridgehead atoms. The minimum atomic E-state index is -0.743. The fraction of sp³-hybridized carbons (Fsp3) is 0.278. The number of imidazole rings is 1. The number of pyridine rings is 1. The molecule has 3 heterocycles. The second kappa shape index (κ2) is 6.35. The van der Waals surface area contributed by atoms with E-state index in [9.17, 15) is 4.79 Å². The highest BCUT2D eigenvalue weighted by molar-refractivity contribution is 9.10. The number of nitrogens with two attached hydrogens (primary N) is 1. The molecule has 1 saturated carbocycles. The third-order valence-electron chi connectivity index (χ3n) is 5.22. The molecule has 5 rings (SSSR count). The van der Waals surface area contributed by atoms with Gasteiger partial charge in [0, 0.05) is 29.0 Å². The Kier molecular flexibility index (Phi) is 3.94. The largest absolute Gasteiger partial charge is 0.444 e. The number of nitrogens with one attached hydrogen (secondary N) is 2. The normalized spacial score (nSPS) is 26.0. The Morgan fingerprint density at radius 2 is 2.26 bits per heavy atom. The van der Waals surface area contributed by atoms with Crippen LogP contribution in [0, 0.1) is 11.8 Å². The maximum absolute atomic E-state index is 11.4. The van der Waals surface area contributed by atoms with Crippen molar-refractivity contribution in [2.75, 3.05) is 5.32 Å². The van der Waals surface area contributed by atoms with Crippen molar-refractivity contribution in [3.8, 4) is 11.4 Å². The Labute approximate surface area is 167 Å².